The molecule has 2 rings (SSSR count). The Morgan fingerprint density at radius 1 is 0.964 bits per heavy atom. The lowest BCUT2D eigenvalue weighted by atomic mass is 10.3. The molecule has 0 spiro atoms. The Bertz CT molecular complexity index is 848. The third-order valence-corrected chi connectivity index (χ3v) is 4.33. The first-order valence-corrected chi connectivity index (χ1v) is 9.42. The molecule has 0 aliphatic carbocycles. The van der Waals surface area contributed by atoms with E-state index < -0.39 is 11.9 Å². The number of amides is 2. The SMILES string of the molecule is CCOc1ccc(NC(=O)CSc2ccc(NC(=O)/C=C/C(=O)O)cc2)cc1. The van der Waals surface area contributed by atoms with Gasteiger partial charge in [-0.25, -0.2) is 4.79 Å². The van der Waals surface area contributed by atoms with Crippen LogP contribution in [0, 0.1) is 0 Å². The van der Waals surface area contributed by atoms with Crippen LogP contribution in [0.5, 0.6) is 5.75 Å². The van der Waals surface area contributed by atoms with E-state index in [1.165, 1.54) is 11.8 Å². The van der Waals surface area contributed by atoms with Gasteiger partial charge in [-0.2, -0.15) is 0 Å². The van der Waals surface area contributed by atoms with Crippen molar-refractivity contribution in [3.63, 3.8) is 0 Å². The third-order valence-electron chi connectivity index (χ3n) is 3.32. The Morgan fingerprint density at radius 3 is 2.18 bits per heavy atom. The number of aliphatic carboxylic acids is 1. The van der Waals surface area contributed by atoms with Crippen molar-refractivity contribution in [3.05, 3.63) is 60.7 Å². The standard InChI is InChI=1S/C20H20N2O5S/c1-2-27-16-7-3-14(4-8-16)22-19(24)13-28-17-9-5-15(6-10-17)21-18(23)11-12-20(25)26/h3-12H,2,13H2,1H3,(H,21,23)(H,22,24)(H,25,26)/b12-11+. The van der Waals surface area contributed by atoms with Gasteiger partial charge >= 0.3 is 5.97 Å². The monoisotopic (exact) mass is 400 g/mol. The van der Waals surface area contributed by atoms with Gasteiger partial charge in [-0.15, -0.1) is 11.8 Å². The molecule has 2 aromatic rings. The van der Waals surface area contributed by atoms with Gasteiger partial charge in [-0.05, 0) is 55.5 Å². The van der Waals surface area contributed by atoms with Crippen molar-refractivity contribution in [2.75, 3.05) is 23.0 Å². The Hall–Kier alpha value is -3.26. The van der Waals surface area contributed by atoms with E-state index in [9.17, 15) is 14.4 Å². The van der Waals surface area contributed by atoms with Crippen LogP contribution in [0.1, 0.15) is 6.92 Å². The largest absolute Gasteiger partial charge is 0.494 e. The van der Waals surface area contributed by atoms with Crippen molar-refractivity contribution in [3.8, 4) is 5.75 Å². The zero-order chi connectivity index (χ0) is 20.4. The fourth-order valence-electron chi connectivity index (χ4n) is 2.11. The zero-order valence-corrected chi connectivity index (χ0v) is 16.0. The molecule has 0 atom stereocenters. The van der Waals surface area contributed by atoms with Crippen LogP contribution in [0.3, 0.4) is 0 Å². The molecule has 0 unspecified atom stereocenters. The number of benzene rings is 2. The summed E-state index contributed by atoms with van der Waals surface area (Å²) in [7, 11) is 0. The van der Waals surface area contributed by atoms with Crippen LogP contribution < -0.4 is 15.4 Å². The number of thioether (sulfide) groups is 1. The highest BCUT2D eigenvalue weighted by Gasteiger charge is 2.05. The molecule has 0 saturated heterocycles. The molecule has 0 radical (unpaired) electrons. The Morgan fingerprint density at radius 2 is 1.57 bits per heavy atom. The van der Waals surface area contributed by atoms with Gasteiger partial charge in [0, 0.05) is 28.4 Å². The minimum atomic E-state index is -1.19. The fourth-order valence-corrected chi connectivity index (χ4v) is 2.81. The topological polar surface area (TPSA) is 105 Å². The summed E-state index contributed by atoms with van der Waals surface area (Å²) in [5.41, 5.74) is 1.23. The van der Waals surface area contributed by atoms with E-state index >= 15 is 0 Å². The van der Waals surface area contributed by atoms with Crippen LogP contribution in [0.15, 0.2) is 65.6 Å². The van der Waals surface area contributed by atoms with Gasteiger partial charge in [-0.1, -0.05) is 0 Å². The molecule has 8 heteroatoms. The molecule has 146 valence electrons. The smallest absolute Gasteiger partial charge is 0.328 e. The number of carbonyl (C=O) groups excluding carboxylic acids is 2. The molecule has 0 aliphatic heterocycles. The van der Waals surface area contributed by atoms with Crippen LogP contribution in [0.4, 0.5) is 11.4 Å². The molecule has 7 nitrogen and oxygen atoms in total. The summed E-state index contributed by atoms with van der Waals surface area (Å²) in [6.45, 7) is 2.49. The normalized spacial score (nSPS) is 10.5. The van der Waals surface area contributed by atoms with E-state index in [1.807, 2.05) is 6.92 Å². The van der Waals surface area contributed by atoms with E-state index in [0.717, 1.165) is 22.8 Å². The number of hydrogen-bond donors (Lipinski definition) is 3. The lowest BCUT2D eigenvalue weighted by molar-refractivity contribution is -0.131. The predicted molar refractivity (Wildman–Crippen MR) is 109 cm³/mol. The van der Waals surface area contributed by atoms with E-state index in [0.29, 0.717) is 18.0 Å². The molecule has 2 amide bonds. The van der Waals surface area contributed by atoms with E-state index in [-0.39, 0.29) is 11.7 Å². The Balaban J connectivity index is 1.79. The summed E-state index contributed by atoms with van der Waals surface area (Å²) in [6.07, 6.45) is 1.71. The van der Waals surface area contributed by atoms with Gasteiger partial charge in [0.1, 0.15) is 5.75 Å². The molecule has 0 aliphatic rings. The number of nitrogens with one attached hydrogen (secondary N) is 2. The number of hydrogen-bond acceptors (Lipinski definition) is 5. The van der Waals surface area contributed by atoms with Gasteiger partial charge in [-0.3, -0.25) is 9.59 Å². The van der Waals surface area contributed by atoms with E-state index in [1.54, 1.807) is 48.5 Å². The minimum absolute atomic E-state index is 0.134. The van der Waals surface area contributed by atoms with Crippen LogP contribution in [-0.2, 0) is 14.4 Å². The number of carbonyl (C=O) groups is 3. The first kappa shape index (κ1) is 21.0. The van der Waals surface area contributed by atoms with Crippen molar-refractivity contribution in [2.24, 2.45) is 0 Å². The summed E-state index contributed by atoms with van der Waals surface area (Å²) >= 11 is 1.36. The Labute approximate surface area is 166 Å². The van der Waals surface area contributed by atoms with Crippen LogP contribution >= 0.6 is 11.8 Å². The van der Waals surface area contributed by atoms with E-state index in [2.05, 4.69) is 10.6 Å². The molecule has 0 bridgehead atoms. The van der Waals surface area contributed by atoms with Crippen molar-refractivity contribution in [1.82, 2.24) is 0 Å². The van der Waals surface area contributed by atoms with Crippen LogP contribution in [0.2, 0.25) is 0 Å². The van der Waals surface area contributed by atoms with Crippen molar-refractivity contribution >= 4 is 40.9 Å². The number of carboxylic acids is 1. The quantitative estimate of drug-likeness (QED) is 0.440. The molecule has 0 fully saturated rings. The van der Waals surface area contributed by atoms with E-state index in [4.69, 9.17) is 9.84 Å². The number of rotatable bonds is 9. The van der Waals surface area contributed by atoms with Gasteiger partial charge in [0.05, 0.1) is 12.4 Å². The maximum atomic E-state index is 12.1. The van der Waals surface area contributed by atoms with Crippen LogP contribution in [-0.4, -0.2) is 35.2 Å². The maximum absolute atomic E-state index is 12.1. The maximum Gasteiger partial charge on any atom is 0.328 e. The molecule has 2 aromatic carbocycles. The highest BCUT2D eigenvalue weighted by atomic mass is 32.2. The van der Waals surface area contributed by atoms with Crippen molar-refractivity contribution in [1.29, 1.82) is 0 Å². The highest BCUT2D eigenvalue weighted by Crippen LogP contribution is 2.21. The highest BCUT2D eigenvalue weighted by molar-refractivity contribution is 8.00. The number of carboxylic acid groups (broad SMARTS) is 1. The summed E-state index contributed by atoms with van der Waals surface area (Å²) in [5.74, 6) is -0.867. The first-order chi connectivity index (χ1) is 13.5. The van der Waals surface area contributed by atoms with Gasteiger partial charge in [0.2, 0.25) is 11.8 Å². The molecule has 0 saturated carbocycles. The lowest BCUT2D eigenvalue weighted by Gasteiger charge is -2.07. The number of ether oxygens (including phenoxy) is 1. The second-order valence-corrected chi connectivity index (χ2v) is 6.53. The molecular formula is C20H20N2O5S. The average molecular weight is 400 g/mol. The molecular weight excluding hydrogens is 380 g/mol. The molecule has 28 heavy (non-hydrogen) atoms. The summed E-state index contributed by atoms with van der Waals surface area (Å²) in [4.78, 5) is 34.8. The average Bonchev–Trinajstić information content (AvgIpc) is 2.67. The Kier molecular flexibility index (Phi) is 8.11. The zero-order valence-electron chi connectivity index (χ0n) is 15.2. The number of anilines is 2. The second kappa shape index (κ2) is 10.8. The second-order valence-electron chi connectivity index (χ2n) is 5.48. The predicted octanol–water partition coefficient (Wildman–Crippen LogP) is 3.40. The molecule has 0 heterocycles. The summed E-state index contributed by atoms with van der Waals surface area (Å²) < 4.78 is 5.36. The molecule has 3 N–H and O–H groups in total. The lowest BCUT2D eigenvalue weighted by Crippen LogP contribution is -2.13. The fraction of sp³-hybridized carbons (Fsp3) is 0.150. The minimum Gasteiger partial charge on any atom is -0.494 e. The first-order valence-electron chi connectivity index (χ1n) is 8.44. The van der Waals surface area contributed by atoms with Gasteiger partial charge in [0.15, 0.2) is 0 Å². The van der Waals surface area contributed by atoms with Gasteiger partial charge in [0.25, 0.3) is 0 Å². The summed E-state index contributed by atoms with van der Waals surface area (Å²) in [6, 6.07) is 14.1. The van der Waals surface area contributed by atoms with Gasteiger partial charge < -0.3 is 20.5 Å². The van der Waals surface area contributed by atoms with Crippen LogP contribution in [0.25, 0.3) is 0 Å². The third kappa shape index (κ3) is 7.55. The molecule has 0 aromatic heterocycles. The summed E-state index contributed by atoms with van der Waals surface area (Å²) in [5, 5.41) is 13.8. The van der Waals surface area contributed by atoms with Crippen molar-refractivity contribution in [2.45, 2.75) is 11.8 Å². The van der Waals surface area contributed by atoms with Crippen molar-refractivity contribution < 1.29 is 24.2 Å².